The predicted octanol–water partition coefficient (Wildman–Crippen LogP) is 1.51. The summed E-state index contributed by atoms with van der Waals surface area (Å²) in [4.78, 5) is 0.112. The highest BCUT2D eigenvalue weighted by atomic mass is 32.2. The van der Waals surface area contributed by atoms with E-state index in [1.54, 1.807) is 19.2 Å². The number of nitrogens with two attached hydrogens (primary N) is 1. The first-order valence-corrected chi connectivity index (χ1v) is 8.63. The van der Waals surface area contributed by atoms with Gasteiger partial charge in [0.2, 0.25) is 10.0 Å². The summed E-state index contributed by atoms with van der Waals surface area (Å²) in [7, 11) is -2.04. The number of methoxy groups -OCH3 is 1. The van der Waals surface area contributed by atoms with E-state index in [4.69, 9.17) is 14.6 Å². The Morgan fingerprint density at radius 3 is 2.30 bits per heavy atom. The zero-order valence-electron chi connectivity index (χ0n) is 12.9. The lowest BCUT2D eigenvalue weighted by atomic mass is 10.2. The first kappa shape index (κ1) is 17.3. The highest BCUT2D eigenvalue weighted by Crippen LogP contribution is 2.25. The van der Waals surface area contributed by atoms with E-state index in [1.807, 2.05) is 24.3 Å². The number of benzene rings is 2. The molecule has 23 heavy (non-hydrogen) atoms. The quantitative estimate of drug-likeness (QED) is 0.713. The van der Waals surface area contributed by atoms with Gasteiger partial charge in [0, 0.05) is 13.1 Å². The SMILES string of the molecule is COc1ccccc1OCCNCc1ccc(S(N)(=O)=O)cc1. The van der Waals surface area contributed by atoms with Crippen molar-refractivity contribution >= 4 is 10.0 Å². The van der Waals surface area contributed by atoms with Crippen molar-refractivity contribution in [1.29, 1.82) is 0 Å². The second kappa shape index (κ2) is 7.96. The van der Waals surface area contributed by atoms with Crippen LogP contribution in [-0.4, -0.2) is 28.7 Å². The van der Waals surface area contributed by atoms with Crippen molar-refractivity contribution in [2.24, 2.45) is 5.14 Å². The lowest BCUT2D eigenvalue weighted by Crippen LogP contribution is -2.20. The highest BCUT2D eigenvalue weighted by molar-refractivity contribution is 7.89. The predicted molar refractivity (Wildman–Crippen MR) is 88.0 cm³/mol. The number of sulfonamides is 1. The van der Waals surface area contributed by atoms with Gasteiger partial charge in [-0.3, -0.25) is 0 Å². The molecule has 0 bridgehead atoms. The Kier molecular flexibility index (Phi) is 5.97. The molecular weight excluding hydrogens is 316 g/mol. The van der Waals surface area contributed by atoms with Crippen molar-refractivity contribution in [3.05, 3.63) is 54.1 Å². The van der Waals surface area contributed by atoms with Gasteiger partial charge in [0.25, 0.3) is 0 Å². The Morgan fingerprint density at radius 2 is 1.70 bits per heavy atom. The van der Waals surface area contributed by atoms with E-state index in [1.165, 1.54) is 12.1 Å². The summed E-state index contributed by atoms with van der Waals surface area (Å²) in [5.41, 5.74) is 0.967. The standard InChI is InChI=1S/C16H20N2O4S/c1-21-15-4-2-3-5-16(15)22-11-10-18-12-13-6-8-14(9-7-13)23(17,19)20/h2-9,18H,10-12H2,1H3,(H2,17,19,20). The third-order valence-corrected chi connectivity index (χ3v) is 4.12. The zero-order valence-corrected chi connectivity index (χ0v) is 13.7. The molecule has 0 heterocycles. The average Bonchev–Trinajstić information content (AvgIpc) is 2.54. The number of primary sulfonamides is 1. The van der Waals surface area contributed by atoms with Crippen LogP contribution in [0.3, 0.4) is 0 Å². The molecule has 7 heteroatoms. The van der Waals surface area contributed by atoms with E-state index in [9.17, 15) is 8.42 Å². The van der Waals surface area contributed by atoms with E-state index in [-0.39, 0.29) is 4.90 Å². The Bertz CT molecular complexity index is 730. The largest absolute Gasteiger partial charge is 0.493 e. The molecule has 124 valence electrons. The molecule has 0 radical (unpaired) electrons. The van der Waals surface area contributed by atoms with E-state index in [2.05, 4.69) is 5.32 Å². The van der Waals surface area contributed by atoms with Crippen LogP contribution in [0.1, 0.15) is 5.56 Å². The second-order valence-electron chi connectivity index (χ2n) is 4.87. The highest BCUT2D eigenvalue weighted by Gasteiger charge is 2.06. The summed E-state index contributed by atoms with van der Waals surface area (Å²) in [6.45, 7) is 1.75. The molecule has 6 nitrogen and oxygen atoms in total. The van der Waals surface area contributed by atoms with Gasteiger partial charge >= 0.3 is 0 Å². The maximum atomic E-state index is 11.2. The van der Waals surface area contributed by atoms with Gasteiger partial charge in [-0.1, -0.05) is 24.3 Å². The topological polar surface area (TPSA) is 90.7 Å². The van der Waals surface area contributed by atoms with Gasteiger partial charge in [-0.15, -0.1) is 0 Å². The van der Waals surface area contributed by atoms with Crippen LogP contribution in [0.5, 0.6) is 11.5 Å². The summed E-state index contributed by atoms with van der Waals surface area (Å²) in [6.07, 6.45) is 0. The number of para-hydroxylation sites is 2. The van der Waals surface area contributed by atoms with Crippen molar-refractivity contribution in [3.8, 4) is 11.5 Å². The molecular formula is C16H20N2O4S. The van der Waals surface area contributed by atoms with Crippen molar-refractivity contribution in [3.63, 3.8) is 0 Å². The first-order chi connectivity index (χ1) is 11.0. The number of rotatable bonds is 8. The molecule has 2 rings (SSSR count). The summed E-state index contributed by atoms with van der Waals surface area (Å²) in [5.74, 6) is 1.40. The van der Waals surface area contributed by atoms with Crippen LogP contribution < -0.4 is 19.9 Å². The minimum Gasteiger partial charge on any atom is -0.493 e. The van der Waals surface area contributed by atoms with Crippen LogP contribution in [-0.2, 0) is 16.6 Å². The van der Waals surface area contributed by atoms with E-state index >= 15 is 0 Å². The van der Waals surface area contributed by atoms with Crippen LogP contribution in [0, 0.1) is 0 Å². The van der Waals surface area contributed by atoms with Crippen LogP contribution in [0.25, 0.3) is 0 Å². The van der Waals surface area contributed by atoms with Crippen LogP contribution in [0.4, 0.5) is 0 Å². The molecule has 0 unspecified atom stereocenters. The maximum absolute atomic E-state index is 11.2. The summed E-state index contributed by atoms with van der Waals surface area (Å²) < 4.78 is 33.2. The fourth-order valence-corrected chi connectivity index (χ4v) is 2.52. The fraction of sp³-hybridized carbons (Fsp3) is 0.250. The van der Waals surface area contributed by atoms with Crippen molar-refractivity contribution in [1.82, 2.24) is 5.32 Å². The Hall–Kier alpha value is -2.09. The first-order valence-electron chi connectivity index (χ1n) is 7.09. The van der Waals surface area contributed by atoms with Crippen LogP contribution >= 0.6 is 0 Å². The molecule has 0 saturated heterocycles. The van der Waals surface area contributed by atoms with Gasteiger partial charge in [-0.05, 0) is 29.8 Å². The van der Waals surface area contributed by atoms with Crippen LogP contribution in [0.2, 0.25) is 0 Å². The lowest BCUT2D eigenvalue weighted by molar-refractivity contribution is 0.292. The molecule has 0 aliphatic heterocycles. The fourth-order valence-electron chi connectivity index (χ4n) is 2.00. The minimum atomic E-state index is -3.64. The average molecular weight is 336 g/mol. The Morgan fingerprint density at radius 1 is 1.04 bits per heavy atom. The second-order valence-corrected chi connectivity index (χ2v) is 6.43. The van der Waals surface area contributed by atoms with Crippen LogP contribution in [0.15, 0.2) is 53.4 Å². The number of hydrogen-bond acceptors (Lipinski definition) is 5. The third-order valence-electron chi connectivity index (χ3n) is 3.19. The molecule has 3 N–H and O–H groups in total. The van der Waals surface area contributed by atoms with Gasteiger partial charge in [0.05, 0.1) is 12.0 Å². The zero-order chi connectivity index (χ0) is 16.7. The molecule has 0 spiro atoms. The summed E-state index contributed by atoms with van der Waals surface area (Å²) >= 11 is 0. The number of nitrogens with one attached hydrogen (secondary N) is 1. The molecule has 0 amide bonds. The van der Waals surface area contributed by atoms with Gasteiger partial charge in [-0.2, -0.15) is 0 Å². The van der Waals surface area contributed by atoms with Crippen molar-refractivity contribution in [2.45, 2.75) is 11.4 Å². The number of ether oxygens (including phenoxy) is 2. The molecule has 2 aromatic carbocycles. The van der Waals surface area contributed by atoms with Gasteiger partial charge < -0.3 is 14.8 Å². The Labute approximate surface area is 136 Å². The molecule has 0 atom stereocenters. The maximum Gasteiger partial charge on any atom is 0.238 e. The van der Waals surface area contributed by atoms with E-state index < -0.39 is 10.0 Å². The minimum absolute atomic E-state index is 0.112. The molecule has 0 aliphatic carbocycles. The van der Waals surface area contributed by atoms with Crippen molar-refractivity contribution in [2.75, 3.05) is 20.3 Å². The number of hydrogen-bond donors (Lipinski definition) is 2. The van der Waals surface area contributed by atoms with Crippen molar-refractivity contribution < 1.29 is 17.9 Å². The van der Waals surface area contributed by atoms with E-state index in [0.717, 1.165) is 5.56 Å². The summed E-state index contributed by atoms with van der Waals surface area (Å²) in [5, 5.41) is 8.28. The molecule has 0 aromatic heterocycles. The normalized spacial score (nSPS) is 11.2. The molecule has 0 aliphatic rings. The van der Waals surface area contributed by atoms with E-state index in [0.29, 0.717) is 31.2 Å². The Balaban J connectivity index is 1.75. The summed E-state index contributed by atoms with van der Waals surface area (Å²) in [6, 6.07) is 13.9. The van der Waals surface area contributed by atoms with Gasteiger partial charge in [0.15, 0.2) is 11.5 Å². The van der Waals surface area contributed by atoms with Gasteiger partial charge in [0.1, 0.15) is 6.61 Å². The molecule has 2 aromatic rings. The van der Waals surface area contributed by atoms with Gasteiger partial charge in [-0.25, -0.2) is 13.6 Å². The molecule has 0 saturated carbocycles. The molecule has 0 fully saturated rings. The monoisotopic (exact) mass is 336 g/mol. The smallest absolute Gasteiger partial charge is 0.238 e. The lowest BCUT2D eigenvalue weighted by Gasteiger charge is -2.11. The third kappa shape index (κ3) is 5.24.